The fraction of sp³-hybridized carbons (Fsp3) is 0.750. The lowest BCUT2D eigenvalue weighted by atomic mass is 9.85. The molecule has 0 spiro atoms. The lowest BCUT2D eigenvalue weighted by molar-refractivity contribution is -0.140. The lowest BCUT2D eigenvalue weighted by Gasteiger charge is -2.20. The van der Waals surface area contributed by atoms with E-state index in [9.17, 15) is 9.59 Å². The number of likely N-dealkylation sites (tertiary alicyclic amines) is 1. The van der Waals surface area contributed by atoms with E-state index >= 15 is 0 Å². The minimum Gasteiger partial charge on any atom is -0.355 e. The number of carbonyl (C=O) groups excluding carboxylic acids is 2. The molecule has 2 N–H and O–H groups in total. The molecule has 4 unspecified atom stereocenters. The van der Waals surface area contributed by atoms with Crippen molar-refractivity contribution in [2.45, 2.75) is 26.2 Å². The third-order valence-corrected chi connectivity index (χ3v) is 6.09. The molecule has 2 fully saturated rings. The molecule has 1 heterocycles. The summed E-state index contributed by atoms with van der Waals surface area (Å²) in [5, 5.41) is 6.50. The van der Waals surface area contributed by atoms with Crippen LogP contribution in [-0.2, 0) is 9.59 Å². The Morgan fingerprint density at radius 3 is 2.37 bits per heavy atom. The average Bonchev–Trinajstić information content (AvgIpc) is 3.34. The number of fused-ring (bicyclic) bond motifs is 5. The summed E-state index contributed by atoms with van der Waals surface area (Å²) in [6.45, 7) is 5.97. The highest BCUT2D eigenvalue weighted by Gasteiger charge is 2.58. The molecule has 3 rings (SSSR count). The molecule has 0 aromatic carbocycles. The molecular weight excluding hydrogens is 342 g/mol. The summed E-state index contributed by atoms with van der Waals surface area (Å²) < 4.78 is 0. The summed E-state index contributed by atoms with van der Waals surface area (Å²) in [6.07, 6.45) is 7.64. The Kier molecular flexibility index (Phi) is 6.52. The van der Waals surface area contributed by atoms with Gasteiger partial charge in [-0.25, -0.2) is 0 Å². The lowest BCUT2D eigenvalue weighted by Crippen LogP contribution is -2.45. The quantitative estimate of drug-likeness (QED) is 0.268. The van der Waals surface area contributed by atoms with Crippen LogP contribution in [0.15, 0.2) is 17.1 Å². The highest BCUT2D eigenvalue weighted by molar-refractivity contribution is 6.06. The maximum absolute atomic E-state index is 12.7. The zero-order valence-electron chi connectivity index (χ0n) is 16.8. The van der Waals surface area contributed by atoms with E-state index in [0.29, 0.717) is 19.0 Å². The Morgan fingerprint density at radius 1 is 1.15 bits per heavy atom. The van der Waals surface area contributed by atoms with Crippen molar-refractivity contribution in [1.82, 2.24) is 20.4 Å². The van der Waals surface area contributed by atoms with Crippen LogP contribution in [0.25, 0.3) is 0 Å². The van der Waals surface area contributed by atoms with Gasteiger partial charge in [0.15, 0.2) is 5.96 Å². The van der Waals surface area contributed by atoms with Crippen LogP contribution in [0.4, 0.5) is 0 Å². The molecule has 0 aromatic heterocycles. The standard InChI is InChI=1S/C20H33N5O2/c1-4-5-10-24(3)11-8-22-20(21-2)23-9-12-25-18(26)16-14-6-7-15(13-14)17(16)19(25)27/h6-7,14-17H,4-5,8-13H2,1-3H3,(H2,21,22,23). The fourth-order valence-corrected chi connectivity index (χ4v) is 4.60. The summed E-state index contributed by atoms with van der Waals surface area (Å²) in [5.74, 6) is 1.07. The van der Waals surface area contributed by atoms with Crippen molar-refractivity contribution in [2.24, 2.45) is 28.7 Å². The number of likely N-dealkylation sites (N-methyl/N-ethyl adjacent to an activating group) is 1. The van der Waals surface area contributed by atoms with Gasteiger partial charge in [0.05, 0.1) is 11.8 Å². The topological polar surface area (TPSA) is 77.0 Å². The second kappa shape index (κ2) is 8.87. The summed E-state index contributed by atoms with van der Waals surface area (Å²) in [4.78, 5) is 33.3. The zero-order valence-corrected chi connectivity index (χ0v) is 16.8. The SMILES string of the molecule is CCCCN(C)CCNC(=NC)NCCN1C(=O)C2C3C=CC(C3)C2C1=O. The molecule has 1 saturated carbocycles. The van der Waals surface area contributed by atoms with Crippen molar-refractivity contribution in [1.29, 1.82) is 0 Å². The Hall–Kier alpha value is -1.89. The van der Waals surface area contributed by atoms with Crippen LogP contribution >= 0.6 is 0 Å². The molecule has 7 heteroatoms. The Bertz CT molecular complexity index is 587. The number of nitrogens with zero attached hydrogens (tertiary/aromatic N) is 3. The van der Waals surface area contributed by atoms with Crippen LogP contribution in [-0.4, -0.2) is 74.4 Å². The van der Waals surface area contributed by atoms with Crippen molar-refractivity contribution in [3.05, 3.63) is 12.2 Å². The number of carbonyl (C=O) groups is 2. The minimum atomic E-state index is -0.108. The van der Waals surface area contributed by atoms with Gasteiger partial charge in [0.2, 0.25) is 11.8 Å². The Labute approximate surface area is 162 Å². The van der Waals surface area contributed by atoms with Crippen LogP contribution in [0.3, 0.4) is 0 Å². The fourth-order valence-electron chi connectivity index (χ4n) is 4.60. The van der Waals surface area contributed by atoms with Crippen molar-refractivity contribution in [3.8, 4) is 0 Å². The van der Waals surface area contributed by atoms with Crippen molar-refractivity contribution in [2.75, 3.05) is 46.8 Å². The van der Waals surface area contributed by atoms with Crippen molar-refractivity contribution >= 4 is 17.8 Å². The van der Waals surface area contributed by atoms with Gasteiger partial charge in [-0.2, -0.15) is 0 Å². The number of nitrogens with one attached hydrogen (secondary N) is 2. The first kappa shape index (κ1) is 19.9. The Balaban J connectivity index is 1.39. The molecule has 150 valence electrons. The van der Waals surface area contributed by atoms with E-state index in [-0.39, 0.29) is 35.5 Å². The predicted octanol–water partition coefficient (Wildman–Crippen LogP) is 0.690. The second-order valence-electron chi connectivity index (χ2n) is 7.91. The summed E-state index contributed by atoms with van der Waals surface area (Å²) >= 11 is 0. The van der Waals surface area contributed by atoms with E-state index < -0.39 is 0 Å². The molecule has 2 aliphatic carbocycles. The summed E-state index contributed by atoms with van der Waals surface area (Å²) in [5.41, 5.74) is 0. The van der Waals surface area contributed by atoms with E-state index in [2.05, 4.69) is 46.6 Å². The van der Waals surface area contributed by atoms with E-state index in [1.54, 1.807) is 7.05 Å². The molecule has 7 nitrogen and oxygen atoms in total. The van der Waals surface area contributed by atoms with Crippen molar-refractivity contribution < 1.29 is 9.59 Å². The first-order valence-corrected chi connectivity index (χ1v) is 10.2. The predicted molar refractivity (Wildman–Crippen MR) is 106 cm³/mol. The highest BCUT2D eigenvalue weighted by Crippen LogP contribution is 2.52. The number of amides is 2. The molecule has 0 aromatic rings. The third kappa shape index (κ3) is 4.18. The first-order valence-electron chi connectivity index (χ1n) is 10.2. The van der Waals surface area contributed by atoms with Gasteiger partial charge in [0, 0.05) is 33.2 Å². The van der Waals surface area contributed by atoms with Crippen LogP contribution in [0.5, 0.6) is 0 Å². The zero-order chi connectivity index (χ0) is 19.4. The number of guanidine groups is 1. The number of hydrogen-bond donors (Lipinski definition) is 2. The van der Waals surface area contributed by atoms with E-state index in [1.807, 2.05) is 0 Å². The molecule has 0 radical (unpaired) electrons. The van der Waals surface area contributed by atoms with Gasteiger partial charge in [-0.3, -0.25) is 19.5 Å². The van der Waals surface area contributed by atoms with E-state index in [4.69, 9.17) is 0 Å². The highest BCUT2D eigenvalue weighted by atomic mass is 16.2. The molecule has 2 amide bonds. The van der Waals surface area contributed by atoms with Gasteiger partial charge >= 0.3 is 0 Å². The average molecular weight is 376 g/mol. The maximum atomic E-state index is 12.7. The molecule has 3 aliphatic rings. The summed E-state index contributed by atoms with van der Waals surface area (Å²) in [6, 6.07) is 0. The minimum absolute atomic E-state index is 0.0177. The van der Waals surface area contributed by atoms with Crippen LogP contribution in [0, 0.1) is 23.7 Å². The number of hydrogen-bond acceptors (Lipinski definition) is 4. The van der Waals surface area contributed by atoms with Crippen LogP contribution < -0.4 is 10.6 Å². The summed E-state index contributed by atoms with van der Waals surface area (Å²) in [7, 11) is 3.85. The third-order valence-electron chi connectivity index (χ3n) is 6.09. The van der Waals surface area contributed by atoms with Gasteiger partial charge in [0.25, 0.3) is 0 Å². The van der Waals surface area contributed by atoms with Gasteiger partial charge in [-0.05, 0) is 38.3 Å². The van der Waals surface area contributed by atoms with E-state index in [0.717, 1.165) is 26.1 Å². The van der Waals surface area contributed by atoms with Gasteiger partial charge in [0.1, 0.15) is 0 Å². The molecular formula is C20H33N5O2. The Morgan fingerprint density at radius 2 is 1.78 bits per heavy atom. The largest absolute Gasteiger partial charge is 0.355 e. The number of allylic oxidation sites excluding steroid dienone is 2. The smallest absolute Gasteiger partial charge is 0.233 e. The molecule has 4 atom stereocenters. The van der Waals surface area contributed by atoms with Crippen molar-refractivity contribution in [3.63, 3.8) is 0 Å². The van der Waals surface area contributed by atoms with Gasteiger partial charge in [-0.1, -0.05) is 25.5 Å². The first-order chi connectivity index (χ1) is 13.1. The monoisotopic (exact) mass is 375 g/mol. The normalized spacial score (nSPS) is 29.2. The van der Waals surface area contributed by atoms with Crippen LogP contribution in [0.1, 0.15) is 26.2 Å². The number of imide groups is 1. The maximum Gasteiger partial charge on any atom is 0.233 e. The molecule has 1 aliphatic heterocycles. The molecule has 1 saturated heterocycles. The second-order valence-corrected chi connectivity index (χ2v) is 7.91. The number of rotatable bonds is 9. The van der Waals surface area contributed by atoms with E-state index in [1.165, 1.54) is 17.7 Å². The molecule has 27 heavy (non-hydrogen) atoms. The number of unbranched alkanes of at least 4 members (excludes halogenated alkanes) is 1. The van der Waals surface area contributed by atoms with Gasteiger partial charge in [-0.15, -0.1) is 0 Å². The van der Waals surface area contributed by atoms with Crippen LogP contribution in [0.2, 0.25) is 0 Å². The van der Waals surface area contributed by atoms with Gasteiger partial charge < -0.3 is 15.5 Å². The number of aliphatic imine (C=N–C) groups is 1. The molecule has 2 bridgehead atoms.